The lowest BCUT2D eigenvalue weighted by molar-refractivity contribution is -0.137. The summed E-state index contributed by atoms with van der Waals surface area (Å²) in [4.78, 5) is 22.2. The van der Waals surface area contributed by atoms with Gasteiger partial charge in [0.15, 0.2) is 0 Å². The molecule has 0 radical (unpaired) electrons. The van der Waals surface area contributed by atoms with Crippen molar-refractivity contribution >= 4 is 11.9 Å². The summed E-state index contributed by atoms with van der Waals surface area (Å²) >= 11 is 0. The van der Waals surface area contributed by atoms with Crippen LogP contribution in [0.2, 0.25) is 0 Å². The third-order valence-corrected chi connectivity index (χ3v) is 3.29. The molecule has 1 fully saturated rings. The molecule has 17 heavy (non-hydrogen) atoms. The topological polar surface area (TPSA) is 78.4 Å². The van der Waals surface area contributed by atoms with Gasteiger partial charge in [-0.25, -0.2) is 0 Å². The zero-order valence-electron chi connectivity index (χ0n) is 10.5. The van der Waals surface area contributed by atoms with Gasteiger partial charge in [0, 0.05) is 13.0 Å². The maximum Gasteiger partial charge on any atom is 0.303 e. The van der Waals surface area contributed by atoms with E-state index in [9.17, 15) is 9.59 Å². The number of carbonyl (C=O) groups is 2. The largest absolute Gasteiger partial charge is 0.481 e. The van der Waals surface area contributed by atoms with Crippen LogP contribution in [0, 0.1) is 11.8 Å². The number of carboxylic acids is 1. The van der Waals surface area contributed by atoms with E-state index in [1.807, 2.05) is 6.92 Å². The van der Waals surface area contributed by atoms with Crippen molar-refractivity contribution < 1.29 is 14.7 Å². The molecular weight excluding hydrogens is 220 g/mol. The quantitative estimate of drug-likeness (QED) is 0.637. The highest BCUT2D eigenvalue weighted by atomic mass is 16.4. The summed E-state index contributed by atoms with van der Waals surface area (Å²) in [5.41, 5.74) is 0. The molecular formula is C12H22N2O3. The SMILES string of the molecule is CC(CCC(=O)O)CNC(=O)C1NCCC1C. The fourth-order valence-corrected chi connectivity index (χ4v) is 2.04. The Morgan fingerprint density at radius 1 is 1.53 bits per heavy atom. The molecule has 3 unspecified atom stereocenters. The smallest absolute Gasteiger partial charge is 0.303 e. The Bertz CT molecular complexity index is 281. The predicted octanol–water partition coefficient (Wildman–Crippen LogP) is 0.601. The van der Waals surface area contributed by atoms with Gasteiger partial charge in [-0.05, 0) is 31.2 Å². The van der Waals surface area contributed by atoms with Crippen LogP contribution in [0.15, 0.2) is 0 Å². The van der Waals surface area contributed by atoms with Crippen LogP contribution in [0.25, 0.3) is 0 Å². The van der Waals surface area contributed by atoms with Crippen molar-refractivity contribution in [1.29, 1.82) is 0 Å². The van der Waals surface area contributed by atoms with Crippen molar-refractivity contribution in [2.75, 3.05) is 13.1 Å². The molecule has 1 amide bonds. The van der Waals surface area contributed by atoms with E-state index in [4.69, 9.17) is 5.11 Å². The molecule has 3 atom stereocenters. The zero-order chi connectivity index (χ0) is 12.8. The van der Waals surface area contributed by atoms with Gasteiger partial charge in [0.25, 0.3) is 0 Å². The molecule has 0 saturated carbocycles. The van der Waals surface area contributed by atoms with Gasteiger partial charge in [-0.2, -0.15) is 0 Å². The second-order valence-electron chi connectivity index (χ2n) is 4.98. The van der Waals surface area contributed by atoms with Crippen molar-refractivity contribution in [3.8, 4) is 0 Å². The molecule has 0 spiro atoms. The van der Waals surface area contributed by atoms with E-state index in [-0.39, 0.29) is 24.3 Å². The summed E-state index contributed by atoms with van der Waals surface area (Å²) in [6.07, 6.45) is 1.80. The minimum atomic E-state index is -0.783. The Balaban J connectivity index is 2.21. The van der Waals surface area contributed by atoms with Gasteiger partial charge in [-0.15, -0.1) is 0 Å². The number of rotatable bonds is 6. The third-order valence-electron chi connectivity index (χ3n) is 3.29. The number of carboxylic acid groups (broad SMARTS) is 1. The van der Waals surface area contributed by atoms with Crippen LogP contribution in [0.1, 0.15) is 33.1 Å². The van der Waals surface area contributed by atoms with Crippen LogP contribution in [0.4, 0.5) is 0 Å². The lowest BCUT2D eigenvalue weighted by Crippen LogP contribution is -2.44. The molecule has 0 aromatic rings. The van der Waals surface area contributed by atoms with E-state index in [1.165, 1.54) is 0 Å². The van der Waals surface area contributed by atoms with Crippen LogP contribution < -0.4 is 10.6 Å². The van der Waals surface area contributed by atoms with E-state index in [0.717, 1.165) is 13.0 Å². The third kappa shape index (κ3) is 4.73. The Kier molecular flexibility index (Phi) is 5.41. The number of carbonyl (C=O) groups excluding carboxylic acids is 1. The van der Waals surface area contributed by atoms with Crippen LogP contribution in [0.5, 0.6) is 0 Å². The monoisotopic (exact) mass is 242 g/mol. The van der Waals surface area contributed by atoms with Crippen LogP contribution in [-0.4, -0.2) is 36.1 Å². The molecule has 0 aromatic carbocycles. The van der Waals surface area contributed by atoms with Gasteiger partial charge >= 0.3 is 5.97 Å². The Hall–Kier alpha value is -1.10. The lowest BCUT2D eigenvalue weighted by atomic mass is 10.0. The second kappa shape index (κ2) is 6.59. The first-order valence-electron chi connectivity index (χ1n) is 6.23. The molecule has 5 heteroatoms. The molecule has 1 rings (SSSR count). The summed E-state index contributed by atoms with van der Waals surface area (Å²) in [5, 5.41) is 14.6. The molecule has 1 aliphatic heterocycles. The van der Waals surface area contributed by atoms with E-state index in [2.05, 4.69) is 17.6 Å². The Morgan fingerprint density at radius 2 is 2.24 bits per heavy atom. The van der Waals surface area contributed by atoms with Crippen molar-refractivity contribution in [3.63, 3.8) is 0 Å². The fraction of sp³-hybridized carbons (Fsp3) is 0.833. The second-order valence-corrected chi connectivity index (χ2v) is 4.98. The first-order chi connectivity index (χ1) is 8.00. The zero-order valence-corrected chi connectivity index (χ0v) is 10.5. The summed E-state index contributed by atoms with van der Waals surface area (Å²) in [6.45, 7) is 5.47. The Labute approximate surface area is 102 Å². The normalized spacial score (nSPS) is 25.5. The van der Waals surface area contributed by atoms with Gasteiger partial charge in [0.2, 0.25) is 5.91 Å². The summed E-state index contributed by atoms with van der Waals surface area (Å²) in [5.74, 6) is -0.164. The maximum atomic E-state index is 11.8. The van der Waals surface area contributed by atoms with E-state index >= 15 is 0 Å². The molecule has 1 saturated heterocycles. The van der Waals surface area contributed by atoms with Crippen LogP contribution >= 0.6 is 0 Å². The molecule has 0 aromatic heterocycles. The van der Waals surface area contributed by atoms with Gasteiger partial charge in [-0.1, -0.05) is 13.8 Å². The first-order valence-corrected chi connectivity index (χ1v) is 6.23. The van der Waals surface area contributed by atoms with E-state index < -0.39 is 5.97 Å². The molecule has 3 N–H and O–H groups in total. The van der Waals surface area contributed by atoms with Crippen LogP contribution in [-0.2, 0) is 9.59 Å². The Morgan fingerprint density at radius 3 is 2.76 bits per heavy atom. The molecule has 98 valence electrons. The average Bonchev–Trinajstić information content (AvgIpc) is 2.69. The number of aliphatic carboxylic acids is 1. The number of hydrogen-bond acceptors (Lipinski definition) is 3. The van der Waals surface area contributed by atoms with Gasteiger partial charge in [0.05, 0.1) is 6.04 Å². The lowest BCUT2D eigenvalue weighted by Gasteiger charge is -2.17. The minimum absolute atomic E-state index is 0.0391. The van der Waals surface area contributed by atoms with Gasteiger partial charge < -0.3 is 15.7 Å². The van der Waals surface area contributed by atoms with Gasteiger partial charge in [0.1, 0.15) is 0 Å². The standard InChI is InChI=1S/C12H22N2O3/c1-8(3-4-10(15)16)7-14-12(17)11-9(2)5-6-13-11/h8-9,11,13H,3-7H2,1-2H3,(H,14,17)(H,15,16). The van der Waals surface area contributed by atoms with Gasteiger partial charge in [-0.3, -0.25) is 9.59 Å². The van der Waals surface area contributed by atoms with Crippen molar-refractivity contribution in [2.45, 2.75) is 39.2 Å². The maximum absolute atomic E-state index is 11.8. The fourth-order valence-electron chi connectivity index (χ4n) is 2.04. The average molecular weight is 242 g/mol. The van der Waals surface area contributed by atoms with Crippen molar-refractivity contribution in [1.82, 2.24) is 10.6 Å². The van der Waals surface area contributed by atoms with E-state index in [0.29, 0.717) is 18.9 Å². The molecule has 0 aliphatic carbocycles. The highest BCUT2D eigenvalue weighted by Gasteiger charge is 2.28. The molecule has 0 bridgehead atoms. The minimum Gasteiger partial charge on any atom is -0.481 e. The summed E-state index contributed by atoms with van der Waals surface area (Å²) < 4.78 is 0. The predicted molar refractivity (Wildman–Crippen MR) is 64.6 cm³/mol. The molecule has 5 nitrogen and oxygen atoms in total. The number of nitrogens with one attached hydrogen (secondary N) is 2. The summed E-state index contributed by atoms with van der Waals surface area (Å²) in [6, 6.07) is -0.0818. The molecule has 1 heterocycles. The number of amides is 1. The van der Waals surface area contributed by atoms with E-state index in [1.54, 1.807) is 0 Å². The molecule has 1 aliphatic rings. The van der Waals surface area contributed by atoms with Crippen molar-refractivity contribution in [3.05, 3.63) is 0 Å². The highest BCUT2D eigenvalue weighted by molar-refractivity contribution is 5.82. The van der Waals surface area contributed by atoms with Crippen molar-refractivity contribution in [2.24, 2.45) is 11.8 Å². The summed E-state index contributed by atoms with van der Waals surface area (Å²) in [7, 11) is 0. The number of hydrogen-bond donors (Lipinski definition) is 3. The highest BCUT2D eigenvalue weighted by Crippen LogP contribution is 2.14. The first kappa shape index (κ1) is 14.0. The van der Waals surface area contributed by atoms with Crippen LogP contribution in [0.3, 0.4) is 0 Å².